The van der Waals surface area contributed by atoms with Crippen LogP contribution in [0.3, 0.4) is 0 Å². The molecular weight excluding hydrogens is 825 g/mol. The summed E-state index contributed by atoms with van der Waals surface area (Å²) in [6.45, 7) is 15.9. The second kappa shape index (κ2) is 15.2. The van der Waals surface area contributed by atoms with Gasteiger partial charge in [0.2, 0.25) is 0 Å². The first-order valence-electron chi connectivity index (χ1n) is 17.0. The number of rotatable bonds is 7. The topological polar surface area (TPSA) is 38.9 Å². The molecule has 0 spiro atoms. The fourth-order valence-corrected chi connectivity index (χ4v) is 9.49. The van der Waals surface area contributed by atoms with Crippen LogP contribution < -0.4 is 4.40 Å². The third-order valence-electron chi connectivity index (χ3n) is 9.35. The Labute approximate surface area is 304 Å². The molecule has 253 valence electrons. The van der Waals surface area contributed by atoms with Gasteiger partial charge in [0.25, 0.3) is 0 Å². The zero-order chi connectivity index (χ0) is 34.0. The van der Waals surface area contributed by atoms with Crippen LogP contribution in [0, 0.1) is 24.5 Å². The standard InChI is InChI=1S/C24H24NO.C19H26GeN.Ir/c1-5-24(4,6-2)18-11-12-25-21(15-18)17-8-10-23-20(14-17)19-13-16(3)7-9-22(19)26-23;1-19(2,3)13-16-12-18(15-10-8-7-9-11-15)21-14-17(16)20(4,5)6;/h7,9-15H,5-6H2,1-4H3;7-10,12,14H,13H2,1-6H3;/q2*-1;. The molecule has 0 amide bonds. The van der Waals surface area contributed by atoms with Crippen molar-refractivity contribution in [2.45, 2.75) is 90.4 Å². The van der Waals surface area contributed by atoms with Crippen LogP contribution in [0.25, 0.3) is 44.5 Å². The quantitative estimate of drug-likeness (QED) is 0.118. The predicted octanol–water partition coefficient (Wildman–Crippen LogP) is 11.5. The number of hydrogen-bond acceptors (Lipinski definition) is 3. The molecule has 6 aromatic rings. The van der Waals surface area contributed by atoms with Gasteiger partial charge in [-0.05, 0) is 54.6 Å². The SMILES string of the molecule is CC(C)(C)Cc1cc(-c2[c-]cccc2)nc[c]1[Ge]([CH3])([CH3])[CH3].CCC(C)(CC)c1ccnc(-c2[c-]cc3oc4ccc(C)cc4c3c2)c1.[Ir]. The second-order valence-corrected chi connectivity index (χ2v) is 26.0. The zero-order valence-corrected chi connectivity index (χ0v) is 34.8. The average molecular weight is 876 g/mol. The summed E-state index contributed by atoms with van der Waals surface area (Å²) in [5.74, 6) is 7.33. The summed E-state index contributed by atoms with van der Waals surface area (Å²) in [4.78, 5) is 9.34. The summed E-state index contributed by atoms with van der Waals surface area (Å²) in [6, 6.07) is 31.8. The van der Waals surface area contributed by atoms with Gasteiger partial charge in [-0.15, -0.1) is 23.8 Å². The molecule has 3 aromatic carbocycles. The Kier molecular flexibility index (Phi) is 12.0. The van der Waals surface area contributed by atoms with E-state index in [4.69, 9.17) is 9.40 Å². The van der Waals surface area contributed by atoms with Crippen molar-refractivity contribution in [3.05, 3.63) is 114 Å². The van der Waals surface area contributed by atoms with Crippen molar-refractivity contribution in [3.8, 4) is 22.5 Å². The number of pyridine rings is 2. The first kappa shape index (κ1) is 37.8. The van der Waals surface area contributed by atoms with Crippen molar-refractivity contribution in [1.82, 2.24) is 9.97 Å². The van der Waals surface area contributed by atoms with E-state index in [1.165, 1.54) is 21.1 Å². The third kappa shape index (κ3) is 8.75. The minimum Gasteiger partial charge on any atom is -0.500 e. The number of furan rings is 1. The summed E-state index contributed by atoms with van der Waals surface area (Å²) < 4.78 is 7.49. The molecule has 0 fully saturated rings. The van der Waals surface area contributed by atoms with Crippen molar-refractivity contribution in [1.29, 1.82) is 0 Å². The first-order valence-corrected chi connectivity index (χ1v) is 24.3. The summed E-state index contributed by atoms with van der Waals surface area (Å²) in [5, 5.41) is 2.27. The number of nitrogens with zero attached hydrogens (tertiary/aromatic N) is 2. The molecule has 3 heterocycles. The van der Waals surface area contributed by atoms with E-state index in [-0.39, 0.29) is 25.5 Å². The summed E-state index contributed by atoms with van der Waals surface area (Å²) in [7, 11) is 0. The molecule has 0 aliphatic carbocycles. The zero-order valence-electron chi connectivity index (χ0n) is 30.3. The molecule has 0 bridgehead atoms. The van der Waals surface area contributed by atoms with E-state index in [1.54, 1.807) is 0 Å². The molecule has 3 aromatic heterocycles. The van der Waals surface area contributed by atoms with Crippen LogP contribution in [-0.4, -0.2) is 23.2 Å². The van der Waals surface area contributed by atoms with Gasteiger partial charge in [0.05, 0.1) is 5.58 Å². The number of aromatic nitrogens is 2. The van der Waals surface area contributed by atoms with Crippen molar-refractivity contribution in [2.75, 3.05) is 0 Å². The summed E-state index contributed by atoms with van der Waals surface area (Å²) in [5.41, 5.74) is 10.4. The van der Waals surface area contributed by atoms with Gasteiger partial charge < -0.3 is 9.40 Å². The van der Waals surface area contributed by atoms with E-state index < -0.39 is 13.3 Å². The second-order valence-electron chi connectivity index (χ2n) is 15.4. The molecule has 5 heteroatoms. The van der Waals surface area contributed by atoms with E-state index >= 15 is 0 Å². The minimum atomic E-state index is -1.90. The third-order valence-corrected chi connectivity index (χ3v) is 13.7. The van der Waals surface area contributed by atoms with Crippen LogP contribution >= 0.6 is 0 Å². The normalized spacial score (nSPS) is 12.0. The first-order chi connectivity index (χ1) is 22.2. The molecule has 48 heavy (non-hydrogen) atoms. The van der Waals surface area contributed by atoms with Gasteiger partial charge in [0, 0.05) is 31.7 Å². The number of aryl methyl sites for hydroxylation is 1. The van der Waals surface area contributed by atoms with Gasteiger partial charge >= 0.3 is 132 Å². The van der Waals surface area contributed by atoms with Crippen molar-refractivity contribution < 1.29 is 24.5 Å². The molecule has 0 unspecified atom stereocenters. The molecule has 6 rings (SSSR count). The maximum Gasteiger partial charge on any atom is 0.120 e. The van der Waals surface area contributed by atoms with Gasteiger partial charge in [-0.1, -0.05) is 43.9 Å². The fraction of sp³-hybridized carbons (Fsp3) is 0.349. The van der Waals surface area contributed by atoms with Crippen LogP contribution in [0.1, 0.15) is 71.1 Å². The van der Waals surface area contributed by atoms with E-state index in [0.717, 1.165) is 63.7 Å². The van der Waals surface area contributed by atoms with Crippen LogP contribution in [0.2, 0.25) is 17.3 Å². The van der Waals surface area contributed by atoms with Crippen LogP contribution in [-0.2, 0) is 31.9 Å². The van der Waals surface area contributed by atoms with Gasteiger partial charge in [-0.25, -0.2) is 0 Å². The molecule has 0 N–H and O–H groups in total. The molecule has 3 nitrogen and oxygen atoms in total. The molecule has 1 radical (unpaired) electrons. The summed E-state index contributed by atoms with van der Waals surface area (Å²) in [6.07, 6.45) is 7.39. The Balaban J connectivity index is 0.000000218. The van der Waals surface area contributed by atoms with Gasteiger partial charge in [-0.3, -0.25) is 0 Å². The van der Waals surface area contributed by atoms with Gasteiger partial charge in [0.1, 0.15) is 5.58 Å². The number of benzene rings is 3. The average Bonchev–Trinajstić information content (AvgIpc) is 3.41. The monoisotopic (exact) mass is 877 g/mol. The van der Waals surface area contributed by atoms with Crippen molar-refractivity contribution in [3.63, 3.8) is 0 Å². The molecule has 0 aliphatic rings. The predicted molar refractivity (Wildman–Crippen MR) is 203 cm³/mol. The Morgan fingerprint density at radius 1 is 0.771 bits per heavy atom. The Morgan fingerprint density at radius 3 is 2.12 bits per heavy atom. The minimum absolute atomic E-state index is 0. The Bertz CT molecular complexity index is 1980. The molecular formula is C43H50GeIrN2O-2. The van der Waals surface area contributed by atoms with Crippen LogP contribution in [0.15, 0.2) is 89.6 Å². The van der Waals surface area contributed by atoms with E-state index in [0.29, 0.717) is 5.41 Å². The van der Waals surface area contributed by atoms with E-state index in [9.17, 15) is 0 Å². The maximum atomic E-state index is 5.96. The maximum absolute atomic E-state index is 5.96. The number of fused-ring (bicyclic) bond motifs is 3. The smallest absolute Gasteiger partial charge is 0.120 e. The Hall–Kier alpha value is -3.05. The fourth-order valence-electron chi connectivity index (χ4n) is 6.18. The summed E-state index contributed by atoms with van der Waals surface area (Å²) >= 11 is -1.90. The molecule has 0 saturated carbocycles. The Morgan fingerprint density at radius 2 is 1.48 bits per heavy atom. The van der Waals surface area contributed by atoms with Crippen molar-refractivity contribution in [2.24, 2.45) is 5.41 Å². The van der Waals surface area contributed by atoms with E-state index in [2.05, 4.69) is 132 Å². The molecule has 0 aliphatic heterocycles. The van der Waals surface area contributed by atoms with Crippen LogP contribution in [0.4, 0.5) is 0 Å². The molecule has 0 atom stereocenters. The van der Waals surface area contributed by atoms with Crippen LogP contribution in [0.5, 0.6) is 0 Å². The van der Waals surface area contributed by atoms with Gasteiger partial charge in [0.15, 0.2) is 0 Å². The van der Waals surface area contributed by atoms with Gasteiger partial charge in [-0.2, -0.15) is 0 Å². The van der Waals surface area contributed by atoms with E-state index in [1.807, 2.05) is 36.5 Å². The van der Waals surface area contributed by atoms with Crippen molar-refractivity contribution >= 4 is 39.6 Å². The number of hydrogen-bond donors (Lipinski definition) is 0. The molecule has 0 saturated heterocycles. The largest absolute Gasteiger partial charge is 0.500 e.